The van der Waals surface area contributed by atoms with Crippen LogP contribution >= 0.6 is 0 Å². The molecule has 4 nitrogen and oxygen atoms in total. The fourth-order valence-electron chi connectivity index (χ4n) is 2.45. The predicted octanol–water partition coefficient (Wildman–Crippen LogP) is 2.59. The summed E-state index contributed by atoms with van der Waals surface area (Å²) in [6.07, 6.45) is 1.03. The first kappa shape index (κ1) is 16.5. The average molecular weight is 311 g/mol. The van der Waals surface area contributed by atoms with Gasteiger partial charge in [0.05, 0.1) is 10.5 Å². The van der Waals surface area contributed by atoms with Crippen LogP contribution in [-0.4, -0.2) is 36.5 Å². The molecule has 1 aromatic carbocycles. The van der Waals surface area contributed by atoms with E-state index >= 15 is 0 Å². The molecular weight excluding hydrogens is 286 g/mol. The quantitative estimate of drug-likeness (QED) is 0.909. The number of benzene rings is 1. The van der Waals surface area contributed by atoms with Crippen molar-refractivity contribution in [3.05, 3.63) is 29.8 Å². The number of hydrogen-bond donors (Lipinski definition) is 1. The Morgan fingerprint density at radius 3 is 2.14 bits per heavy atom. The second-order valence-electron chi connectivity index (χ2n) is 6.41. The third kappa shape index (κ3) is 3.00. The molecule has 21 heavy (non-hydrogen) atoms. The second kappa shape index (κ2) is 5.71. The van der Waals surface area contributed by atoms with Crippen LogP contribution in [0.5, 0.6) is 0 Å². The number of aliphatic hydroxyl groups is 1. The van der Waals surface area contributed by atoms with E-state index in [0.29, 0.717) is 10.8 Å². The monoisotopic (exact) mass is 311 g/mol. The Bertz CT molecular complexity index is 586. The Morgan fingerprint density at radius 2 is 1.71 bits per heavy atom. The highest BCUT2D eigenvalue weighted by molar-refractivity contribution is 7.89. The van der Waals surface area contributed by atoms with Crippen molar-refractivity contribution in [1.29, 1.82) is 0 Å². The first-order chi connectivity index (χ1) is 9.70. The van der Waals surface area contributed by atoms with Crippen molar-refractivity contribution >= 4 is 10.0 Å². The fraction of sp³-hybridized carbons (Fsp3) is 0.625. The number of sulfonamides is 1. The maximum absolute atomic E-state index is 12.5. The summed E-state index contributed by atoms with van der Waals surface area (Å²) < 4.78 is 26.3. The lowest BCUT2D eigenvalue weighted by molar-refractivity contribution is -0.0932. The lowest BCUT2D eigenvalue weighted by atomic mass is 9.85. The first-order valence-electron chi connectivity index (χ1n) is 7.53. The molecule has 1 aliphatic heterocycles. The maximum atomic E-state index is 12.5. The van der Waals surface area contributed by atoms with Gasteiger partial charge in [-0.2, -0.15) is 4.31 Å². The summed E-state index contributed by atoms with van der Waals surface area (Å²) in [5.41, 5.74) is 0.266. The summed E-state index contributed by atoms with van der Waals surface area (Å²) in [4.78, 5) is 0.306. The summed E-state index contributed by atoms with van der Waals surface area (Å²) in [5, 5.41) is 10.2. The normalized spacial score (nSPS) is 20.3. The highest BCUT2D eigenvalue weighted by Gasteiger charge is 2.49. The molecule has 0 saturated carbocycles. The van der Waals surface area contributed by atoms with Crippen molar-refractivity contribution < 1.29 is 13.5 Å². The third-order valence-electron chi connectivity index (χ3n) is 4.67. The Balaban J connectivity index is 2.15. The van der Waals surface area contributed by atoms with Crippen molar-refractivity contribution in [3.63, 3.8) is 0 Å². The zero-order valence-electron chi connectivity index (χ0n) is 13.2. The van der Waals surface area contributed by atoms with Crippen LogP contribution in [0.3, 0.4) is 0 Å². The topological polar surface area (TPSA) is 57.6 Å². The number of β-amino-alcohol motifs (C(OH)–C–C–N with tert-alkyl or cyclic N) is 1. The van der Waals surface area contributed by atoms with Gasteiger partial charge in [0.15, 0.2) is 0 Å². The molecule has 1 unspecified atom stereocenters. The van der Waals surface area contributed by atoms with Gasteiger partial charge in [-0.3, -0.25) is 0 Å². The molecule has 1 saturated heterocycles. The number of rotatable bonds is 5. The van der Waals surface area contributed by atoms with E-state index in [1.807, 2.05) is 26.0 Å². The summed E-state index contributed by atoms with van der Waals surface area (Å²) in [7, 11) is -3.48. The van der Waals surface area contributed by atoms with E-state index in [1.165, 1.54) is 4.31 Å². The molecule has 0 radical (unpaired) electrons. The Kier molecular flexibility index (Phi) is 4.47. The first-order valence-corrected chi connectivity index (χ1v) is 8.97. The van der Waals surface area contributed by atoms with E-state index in [-0.39, 0.29) is 19.0 Å². The minimum absolute atomic E-state index is 0.0525. The predicted molar refractivity (Wildman–Crippen MR) is 83.7 cm³/mol. The van der Waals surface area contributed by atoms with Crippen molar-refractivity contribution in [3.8, 4) is 0 Å². The Labute approximate surface area is 127 Å². The smallest absolute Gasteiger partial charge is 0.243 e. The minimum Gasteiger partial charge on any atom is -0.387 e. The van der Waals surface area contributed by atoms with E-state index in [0.717, 1.165) is 12.0 Å². The minimum atomic E-state index is -3.48. The molecule has 0 aromatic heterocycles. The molecule has 0 spiro atoms. The largest absolute Gasteiger partial charge is 0.387 e. The molecule has 118 valence electrons. The van der Waals surface area contributed by atoms with Gasteiger partial charge in [-0.05, 0) is 36.0 Å². The Hall–Kier alpha value is -0.910. The van der Waals surface area contributed by atoms with Crippen LogP contribution in [-0.2, 0) is 10.0 Å². The molecule has 1 heterocycles. The van der Waals surface area contributed by atoms with Crippen LogP contribution in [0.2, 0.25) is 0 Å². The average Bonchev–Trinajstić information content (AvgIpc) is 2.42. The van der Waals surface area contributed by atoms with Gasteiger partial charge in [-0.15, -0.1) is 0 Å². The van der Waals surface area contributed by atoms with Crippen molar-refractivity contribution in [1.82, 2.24) is 4.31 Å². The van der Waals surface area contributed by atoms with Crippen molar-refractivity contribution in [2.75, 3.05) is 13.1 Å². The third-order valence-corrected chi connectivity index (χ3v) is 6.48. The van der Waals surface area contributed by atoms with Gasteiger partial charge < -0.3 is 5.11 Å². The van der Waals surface area contributed by atoms with Gasteiger partial charge in [-0.25, -0.2) is 8.42 Å². The van der Waals surface area contributed by atoms with Crippen molar-refractivity contribution in [2.24, 2.45) is 5.92 Å². The lowest BCUT2D eigenvalue weighted by Gasteiger charge is -2.47. The summed E-state index contributed by atoms with van der Waals surface area (Å²) >= 11 is 0. The van der Waals surface area contributed by atoms with Crippen LogP contribution in [0.25, 0.3) is 0 Å². The van der Waals surface area contributed by atoms with Gasteiger partial charge in [0, 0.05) is 13.1 Å². The zero-order valence-corrected chi connectivity index (χ0v) is 14.0. The molecule has 1 aromatic rings. The molecule has 2 rings (SSSR count). The van der Waals surface area contributed by atoms with Gasteiger partial charge in [0.25, 0.3) is 0 Å². The molecule has 0 aliphatic carbocycles. The van der Waals surface area contributed by atoms with Crippen LogP contribution < -0.4 is 0 Å². The molecule has 5 heteroatoms. The summed E-state index contributed by atoms with van der Waals surface area (Å²) in [6.45, 7) is 8.42. The molecule has 0 bridgehead atoms. The summed E-state index contributed by atoms with van der Waals surface area (Å²) in [6, 6.07) is 7.11. The van der Waals surface area contributed by atoms with E-state index in [1.54, 1.807) is 12.1 Å². The standard InChI is InChI=1S/C16H25NO3S/c1-5-13(4)14-6-8-15(9-7-14)21(19,20)17-10-16(18,11-17)12(2)3/h6-9,12-13,18H,5,10-11H2,1-4H3. The fourth-order valence-corrected chi connectivity index (χ4v) is 4.02. The molecule has 1 atom stereocenters. The molecule has 1 fully saturated rings. The maximum Gasteiger partial charge on any atom is 0.243 e. The number of hydrogen-bond acceptors (Lipinski definition) is 3. The Morgan fingerprint density at radius 1 is 1.19 bits per heavy atom. The van der Waals surface area contributed by atoms with E-state index < -0.39 is 15.6 Å². The van der Waals surface area contributed by atoms with Crippen LogP contribution in [0.15, 0.2) is 29.2 Å². The van der Waals surface area contributed by atoms with E-state index in [9.17, 15) is 13.5 Å². The van der Waals surface area contributed by atoms with E-state index in [2.05, 4.69) is 13.8 Å². The van der Waals surface area contributed by atoms with Gasteiger partial charge in [0.1, 0.15) is 0 Å². The molecule has 1 aliphatic rings. The highest BCUT2D eigenvalue weighted by Crippen LogP contribution is 2.33. The van der Waals surface area contributed by atoms with Gasteiger partial charge >= 0.3 is 0 Å². The zero-order chi connectivity index (χ0) is 15.8. The second-order valence-corrected chi connectivity index (χ2v) is 8.35. The number of nitrogens with zero attached hydrogens (tertiary/aromatic N) is 1. The van der Waals surface area contributed by atoms with Gasteiger partial charge in [0.2, 0.25) is 10.0 Å². The molecule has 1 N–H and O–H groups in total. The van der Waals surface area contributed by atoms with E-state index in [4.69, 9.17) is 0 Å². The molecular formula is C16H25NO3S. The SMILES string of the molecule is CCC(C)c1ccc(S(=O)(=O)N2CC(O)(C(C)C)C2)cc1. The summed E-state index contributed by atoms with van der Waals surface area (Å²) in [5.74, 6) is 0.480. The lowest BCUT2D eigenvalue weighted by Crippen LogP contribution is -2.65. The highest BCUT2D eigenvalue weighted by atomic mass is 32.2. The van der Waals surface area contributed by atoms with Crippen LogP contribution in [0, 0.1) is 5.92 Å². The van der Waals surface area contributed by atoms with Crippen LogP contribution in [0.1, 0.15) is 45.6 Å². The van der Waals surface area contributed by atoms with Gasteiger partial charge in [-0.1, -0.05) is 39.8 Å². The molecule has 0 amide bonds. The van der Waals surface area contributed by atoms with Crippen molar-refractivity contribution in [2.45, 2.75) is 50.5 Å². The van der Waals surface area contributed by atoms with Crippen LogP contribution in [0.4, 0.5) is 0 Å².